The fraction of sp³-hybridized carbons (Fsp3) is 0.929. The molecule has 3 N–H and O–H groups in total. The van der Waals surface area contributed by atoms with E-state index >= 15 is 0 Å². The molecule has 0 radical (unpaired) electrons. The highest BCUT2D eigenvalue weighted by Crippen LogP contribution is 2.33. The second kappa shape index (κ2) is 7.22. The maximum atomic E-state index is 12.0. The number of methoxy groups -OCH3 is 1. The van der Waals surface area contributed by atoms with Crippen molar-refractivity contribution in [2.45, 2.75) is 56.7 Å². The highest BCUT2D eigenvalue weighted by atomic mass is 16.5. The van der Waals surface area contributed by atoms with Crippen LogP contribution < -0.4 is 10.6 Å². The first-order valence-corrected chi connectivity index (χ1v) is 7.41. The Labute approximate surface area is 115 Å². The summed E-state index contributed by atoms with van der Waals surface area (Å²) in [6.07, 6.45) is 6.07. The van der Waals surface area contributed by atoms with Crippen molar-refractivity contribution in [1.82, 2.24) is 10.6 Å². The first-order valence-electron chi connectivity index (χ1n) is 7.41. The van der Waals surface area contributed by atoms with E-state index in [2.05, 4.69) is 10.6 Å². The first-order chi connectivity index (χ1) is 9.20. The average Bonchev–Trinajstić information content (AvgIpc) is 2.82. The number of ether oxygens (including phenoxy) is 1. The molecule has 2 aliphatic rings. The van der Waals surface area contributed by atoms with E-state index in [4.69, 9.17) is 4.74 Å². The van der Waals surface area contributed by atoms with E-state index in [0.29, 0.717) is 31.5 Å². The summed E-state index contributed by atoms with van der Waals surface area (Å²) >= 11 is 0. The van der Waals surface area contributed by atoms with Crippen molar-refractivity contribution >= 4 is 5.91 Å². The van der Waals surface area contributed by atoms with E-state index in [1.165, 1.54) is 25.7 Å². The number of carbonyl (C=O) groups excluding carboxylic acids is 1. The molecular weight excluding hydrogens is 244 g/mol. The van der Waals surface area contributed by atoms with E-state index in [0.717, 1.165) is 6.42 Å². The Morgan fingerprint density at radius 2 is 2.26 bits per heavy atom. The van der Waals surface area contributed by atoms with Crippen LogP contribution in [-0.2, 0) is 9.53 Å². The molecule has 19 heavy (non-hydrogen) atoms. The van der Waals surface area contributed by atoms with Crippen molar-refractivity contribution in [3.05, 3.63) is 0 Å². The summed E-state index contributed by atoms with van der Waals surface area (Å²) in [6, 6.07) is 0.510. The van der Waals surface area contributed by atoms with Gasteiger partial charge in [-0.25, -0.2) is 0 Å². The standard InChI is InChI=1S/C14H26N2O3/c1-19-9-11(17)6-7-15-14(18)13-8-10-4-2-3-5-12(10)16-13/h10-13,16-17H,2-9H2,1H3,(H,15,18). The average molecular weight is 270 g/mol. The summed E-state index contributed by atoms with van der Waals surface area (Å²) in [5.41, 5.74) is 0. The van der Waals surface area contributed by atoms with Gasteiger partial charge in [0.05, 0.1) is 18.8 Å². The smallest absolute Gasteiger partial charge is 0.237 e. The maximum Gasteiger partial charge on any atom is 0.237 e. The van der Waals surface area contributed by atoms with Crippen molar-refractivity contribution in [2.75, 3.05) is 20.3 Å². The molecule has 0 bridgehead atoms. The summed E-state index contributed by atoms with van der Waals surface area (Å²) < 4.78 is 4.85. The number of aliphatic hydroxyl groups is 1. The number of aliphatic hydroxyl groups excluding tert-OH is 1. The molecule has 5 nitrogen and oxygen atoms in total. The van der Waals surface area contributed by atoms with Crippen LogP contribution >= 0.6 is 0 Å². The molecule has 1 aliphatic carbocycles. The van der Waals surface area contributed by atoms with Crippen molar-refractivity contribution in [3.63, 3.8) is 0 Å². The van der Waals surface area contributed by atoms with Crippen molar-refractivity contribution < 1.29 is 14.6 Å². The summed E-state index contributed by atoms with van der Waals surface area (Å²) in [5.74, 6) is 0.766. The Kier molecular flexibility index (Phi) is 5.60. The van der Waals surface area contributed by atoms with Gasteiger partial charge in [0.25, 0.3) is 0 Å². The van der Waals surface area contributed by atoms with Gasteiger partial charge in [0.15, 0.2) is 0 Å². The Balaban J connectivity index is 1.66. The number of amides is 1. The SMILES string of the molecule is COCC(O)CCNC(=O)C1CC2CCCCC2N1. The Bertz CT molecular complexity index is 284. The fourth-order valence-corrected chi connectivity index (χ4v) is 3.28. The van der Waals surface area contributed by atoms with Crippen molar-refractivity contribution in [2.24, 2.45) is 5.92 Å². The zero-order valence-corrected chi connectivity index (χ0v) is 11.7. The molecule has 1 amide bonds. The van der Waals surface area contributed by atoms with Gasteiger partial charge in [-0.3, -0.25) is 4.79 Å². The van der Waals surface area contributed by atoms with Gasteiger partial charge in [0, 0.05) is 19.7 Å². The van der Waals surface area contributed by atoms with Crippen LogP contribution in [-0.4, -0.2) is 49.5 Å². The molecule has 0 spiro atoms. The molecule has 1 heterocycles. The van der Waals surface area contributed by atoms with Crippen LogP contribution in [0.4, 0.5) is 0 Å². The summed E-state index contributed by atoms with van der Waals surface area (Å²) in [6.45, 7) is 0.832. The topological polar surface area (TPSA) is 70.6 Å². The number of hydrogen-bond donors (Lipinski definition) is 3. The minimum atomic E-state index is -0.496. The summed E-state index contributed by atoms with van der Waals surface area (Å²) in [4.78, 5) is 12.0. The molecule has 0 aromatic rings. The molecule has 0 aromatic carbocycles. The van der Waals surface area contributed by atoms with Gasteiger partial charge < -0.3 is 20.5 Å². The molecule has 5 heteroatoms. The van der Waals surface area contributed by atoms with Crippen LogP contribution in [0.2, 0.25) is 0 Å². The van der Waals surface area contributed by atoms with Crippen LogP contribution in [0.5, 0.6) is 0 Å². The number of hydrogen-bond acceptors (Lipinski definition) is 4. The molecule has 4 unspecified atom stereocenters. The summed E-state index contributed by atoms with van der Waals surface area (Å²) in [7, 11) is 1.56. The molecule has 1 saturated heterocycles. The molecule has 1 aliphatic heterocycles. The van der Waals surface area contributed by atoms with Gasteiger partial charge in [-0.2, -0.15) is 0 Å². The van der Waals surface area contributed by atoms with Gasteiger partial charge >= 0.3 is 0 Å². The number of nitrogens with one attached hydrogen (secondary N) is 2. The van der Waals surface area contributed by atoms with Gasteiger partial charge in [-0.05, 0) is 31.6 Å². The van der Waals surface area contributed by atoms with Gasteiger partial charge in [0.2, 0.25) is 5.91 Å². The predicted molar refractivity (Wildman–Crippen MR) is 72.8 cm³/mol. The maximum absolute atomic E-state index is 12.0. The Hall–Kier alpha value is -0.650. The molecule has 1 saturated carbocycles. The van der Waals surface area contributed by atoms with Crippen molar-refractivity contribution in [3.8, 4) is 0 Å². The van der Waals surface area contributed by atoms with Gasteiger partial charge in [-0.15, -0.1) is 0 Å². The minimum absolute atomic E-state index is 0.0346. The van der Waals surface area contributed by atoms with Crippen molar-refractivity contribution in [1.29, 1.82) is 0 Å². The van der Waals surface area contributed by atoms with E-state index < -0.39 is 6.10 Å². The zero-order chi connectivity index (χ0) is 13.7. The van der Waals surface area contributed by atoms with E-state index in [-0.39, 0.29) is 11.9 Å². The Morgan fingerprint density at radius 3 is 3.00 bits per heavy atom. The number of carbonyl (C=O) groups is 1. The molecular formula is C14H26N2O3. The molecule has 4 atom stereocenters. The second-order valence-corrected chi connectivity index (χ2v) is 5.79. The third-order valence-corrected chi connectivity index (χ3v) is 4.32. The monoisotopic (exact) mass is 270 g/mol. The van der Waals surface area contributed by atoms with Gasteiger partial charge in [-0.1, -0.05) is 12.8 Å². The first kappa shape index (κ1) is 14.8. The largest absolute Gasteiger partial charge is 0.391 e. The lowest BCUT2D eigenvalue weighted by Gasteiger charge is -2.24. The van der Waals surface area contributed by atoms with Gasteiger partial charge in [0.1, 0.15) is 0 Å². The lowest BCUT2D eigenvalue weighted by molar-refractivity contribution is -0.123. The van der Waals surface area contributed by atoms with Crippen LogP contribution in [0, 0.1) is 5.92 Å². The third-order valence-electron chi connectivity index (χ3n) is 4.32. The summed E-state index contributed by atoms with van der Waals surface area (Å²) in [5, 5.41) is 15.9. The number of fused-ring (bicyclic) bond motifs is 1. The lowest BCUT2D eigenvalue weighted by atomic mass is 9.85. The van der Waals surface area contributed by atoms with E-state index in [9.17, 15) is 9.90 Å². The van der Waals surface area contributed by atoms with Crippen LogP contribution in [0.15, 0.2) is 0 Å². The lowest BCUT2D eigenvalue weighted by Crippen LogP contribution is -2.43. The predicted octanol–water partition coefficient (Wildman–Crippen LogP) is 0.421. The quantitative estimate of drug-likeness (QED) is 0.654. The fourth-order valence-electron chi connectivity index (χ4n) is 3.28. The molecule has 2 rings (SSSR count). The second-order valence-electron chi connectivity index (χ2n) is 5.79. The number of rotatable bonds is 6. The third kappa shape index (κ3) is 4.16. The normalized spacial score (nSPS) is 31.8. The Morgan fingerprint density at radius 1 is 1.47 bits per heavy atom. The van der Waals surface area contributed by atoms with E-state index in [1.807, 2.05) is 0 Å². The van der Waals surface area contributed by atoms with E-state index in [1.54, 1.807) is 7.11 Å². The molecule has 2 fully saturated rings. The molecule has 0 aromatic heterocycles. The van der Waals surface area contributed by atoms with Crippen LogP contribution in [0.25, 0.3) is 0 Å². The minimum Gasteiger partial charge on any atom is -0.391 e. The zero-order valence-electron chi connectivity index (χ0n) is 11.7. The van der Waals surface area contributed by atoms with Crippen LogP contribution in [0.1, 0.15) is 38.5 Å². The van der Waals surface area contributed by atoms with Crippen LogP contribution in [0.3, 0.4) is 0 Å². The highest BCUT2D eigenvalue weighted by Gasteiger charge is 2.37. The molecule has 110 valence electrons. The highest BCUT2D eigenvalue weighted by molar-refractivity contribution is 5.82.